The Hall–Kier alpha value is -3.24. The van der Waals surface area contributed by atoms with Crippen LogP contribution in [0.4, 0.5) is 18.9 Å². The maximum Gasteiger partial charge on any atom is 0.417 e. The molecule has 1 aliphatic heterocycles. The molecule has 0 bridgehead atoms. The van der Waals surface area contributed by atoms with Crippen LogP contribution in [0.3, 0.4) is 0 Å². The number of anilines is 1. The first-order valence-electron chi connectivity index (χ1n) is 15.8. The molecule has 1 N–H and O–H groups in total. The molecule has 10 heteroatoms. The van der Waals surface area contributed by atoms with Gasteiger partial charge in [-0.3, -0.25) is 4.79 Å². The Balaban J connectivity index is 1.26. The van der Waals surface area contributed by atoms with Gasteiger partial charge in [-0.15, -0.1) is 10.2 Å². The molecule has 0 unspecified atom stereocenters. The average molecular weight is 608 g/mol. The number of hydrogen-bond acceptors (Lipinski definition) is 5. The van der Waals surface area contributed by atoms with Gasteiger partial charge in [0.05, 0.1) is 23.6 Å². The van der Waals surface area contributed by atoms with Crippen molar-refractivity contribution >= 4 is 11.6 Å². The Labute approximate surface area is 256 Å². The zero-order valence-electron chi connectivity index (χ0n) is 25.6. The average Bonchev–Trinajstić information content (AvgIpc) is 3.48. The van der Waals surface area contributed by atoms with Crippen LogP contribution >= 0.6 is 0 Å². The van der Waals surface area contributed by atoms with Gasteiger partial charge in [0.2, 0.25) is 0 Å². The number of amides is 1. The number of nitrogens with one attached hydrogen (secondary N) is 1. The summed E-state index contributed by atoms with van der Waals surface area (Å²) in [5.74, 6) is 0.808. The first-order valence-corrected chi connectivity index (χ1v) is 15.8. The summed E-state index contributed by atoms with van der Waals surface area (Å²) in [5, 5.41) is 12.1. The van der Waals surface area contributed by atoms with Crippen molar-refractivity contribution in [2.45, 2.75) is 100 Å². The van der Waals surface area contributed by atoms with Gasteiger partial charge in [0, 0.05) is 30.9 Å². The van der Waals surface area contributed by atoms with E-state index in [4.69, 9.17) is 4.74 Å². The van der Waals surface area contributed by atoms with Crippen LogP contribution in [-0.4, -0.2) is 46.0 Å². The molecule has 3 aromatic rings. The summed E-state index contributed by atoms with van der Waals surface area (Å²) in [6.45, 7) is 2.49. The van der Waals surface area contributed by atoms with E-state index in [2.05, 4.69) is 28.5 Å². The maximum absolute atomic E-state index is 14.7. The highest BCUT2D eigenvalue weighted by atomic mass is 19.4. The lowest BCUT2D eigenvalue weighted by molar-refractivity contribution is -0.138. The van der Waals surface area contributed by atoms with Crippen LogP contribution < -0.4 is 10.2 Å². The van der Waals surface area contributed by atoms with Gasteiger partial charge in [0.15, 0.2) is 0 Å². The number of ether oxygens (including phenoxy) is 1. The fraction of sp³-hybridized carbons (Fsp3) is 0.559. The molecule has 4 aliphatic rings. The van der Waals surface area contributed by atoms with E-state index in [0.717, 1.165) is 55.5 Å². The summed E-state index contributed by atoms with van der Waals surface area (Å²) in [7, 11) is 3.63. The molecule has 7 rings (SSSR count). The molecule has 234 valence electrons. The standard InChI is InChI=1S/C34H40F3N5O2/c1-32(11-5-12-32)38-13-10-22-8-9-27-28(29(22)34(35,36)37)19-42(30(27)43)25-15-23(21-6-4-7-21)14-24(16-25)33(17-26(18-33)44-3)31-40-39-20-41(31)2/h8-9,14-16,20-21,26,38H,4-7,10-13,17-19H2,1-3H3/t26-,33-. The minimum absolute atomic E-state index is 0.0110. The molecule has 1 aromatic heterocycles. The number of aromatic nitrogens is 3. The highest BCUT2D eigenvalue weighted by Gasteiger charge is 2.51. The molecular formula is C34H40F3N5O2. The van der Waals surface area contributed by atoms with Crippen molar-refractivity contribution in [3.63, 3.8) is 0 Å². The lowest BCUT2D eigenvalue weighted by Gasteiger charge is -2.47. The molecule has 0 saturated heterocycles. The van der Waals surface area contributed by atoms with Gasteiger partial charge in [-0.05, 0) is 111 Å². The minimum Gasteiger partial charge on any atom is -0.381 e. The molecule has 3 aliphatic carbocycles. The Morgan fingerprint density at radius 1 is 1.11 bits per heavy atom. The first kappa shape index (κ1) is 29.5. The zero-order valence-corrected chi connectivity index (χ0v) is 25.6. The van der Waals surface area contributed by atoms with E-state index in [9.17, 15) is 18.0 Å². The number of fused-ring (bicyclic) bond motifs is 1. The normalized spacial score (nSPS) is 24.5. The molecule has 2 aromatic carbocycles. The molecule has 2 heterocycles. The maximum atomic E-state index is 14.7. The molecule has 3 fully saturated rings. The van der Waals surface area contributed by atoms with E-state index in [1.807, 2.05) is 23.7 Å². The number of hydrogen-bond donors (Lipinski definition) is 1. The van der Waals surface area contributed by atoms with Gasteiger partial charge in [-0.2, -0.15) is 13.2 Å². The minimum atomic E-state index is -4.56. The fourth-order valence-electron chi connectivity index (χ4n) is 7.78. The second-order valence-corrected chi connectivity index (χ2v) is 13.7. The first-order chi connectivity index (χ1) is 21.0. The smallest absolute Gasteiger partial charge is 0.381 e. The van der Waals surface area contributed by atoms with Crippen LogP contribution in [-0.2, 0) is 36.3 Å². The molecule has 3 saturated carbocycles. The van der Waals surface area contributed by atoms with Gasteiger partial charge >= 0.3 is 6.18 Å². The van der Waals surface area contributed by atoms with Crippen molar-refractivity contribution in [2.24, 2.45) is 7.05 Å². The number of alkyl halides is 3. The molecular weight excluding hydrogens is 567 g/mol. The van der Waals surface area contributed by atoms with Gasteiger partial charge in [0.1, 0.15) is 12.2 Å². The molecule has 0 atom stereocenters. The zero-order chi connectivity index (χ0) is 30.9. The number of rotatable bonds is 9. The molecule has 0 radical (unpaired) electrons. The van der Waals surface area contributed by atoms with Crippen molar-refractivity contribution in [1.82, 2.24) is 20.1 Å². The summed E-state index contributed by atoms with van der Waals surface area (Å²) in [6, 6.07) is 9.33. The van der Waals surface area contributed by atoms with Crippen LogP contribution in [0.2, 0.25) is 0 Å². The topological polar surface area (TPSA) is 72.3 Å². The predicted molar refractivity (Wildman–Crippen MR) is 161 cm³/mol. The number of carbonyl (C=O) groups excluding carboxylic acids is 1. The van der Waals surface area contributed by atoms with Gasteiger partial charge < -0.3 is 19.5 Å². The number of halogens is 3. The fourth-order valence-corrected chi connectivity index (χ4v) is 7.78. The highest BCUT2D eigenvalue weighted by molar-refractivity contribution is 6.10. The van der Waals surface area contributed by atoms with E-state index >= 15 is 0 Å². The summed E-state index contributed by atoms with van der Waals surface area (Å²) in [6.07, 6.45) is 5.36. The van der Waals surface area contributed by atoms with E-state index in [0.29, 0.717) is 31.0 Å². The Morgan fingerprint density at radius 2 is 1.89 bits per heavy atom. The van der Waals surface area contributed by atoms with E-state index in [-0.39, 0.29) is 47.2 Å². The van der Waals surface area contributed by atoms with Crippen molar-refractivity contribution in [2.75, 3.05) is 18.6 Å². The van der Waals surface area contributed by atoms with Crippen LogP contribution in [0.5, 0.6) is 0 Å². The van der Waals surface area contributed by atoms with Gasteiger partial charge in [-0.1, -0.05) is 18.6 Å². The third-order valence-electron chi connectivity index (χ3n) is 10.9. The second kappa shape index (κ2) is 10.7. The van der Waals surface area contributed by atoms with Crippen molar-refractivity contribution in [3.8, 4) is 0 Å². The van der Waals surface area contributed by atoms with Crippen molar-refractivity contribution < 1.29 is 22.7 Å². The highest BCUT2D eigenvalue weighted by Crippen LogP contribution is 2.52. The summed E-state index contributed by atoms with van der Waals surface area (Å²) < 4.78 is 51.7. The van der Waals surface area contributed by atoms with Crippen molar-refractivity contribution in [1.29, 1.82) is 0 Å². The van der Waals surface area contributed by atoms with Crippen LogP contribution in [0.25, 0.3) is 0 Å². The number of aryl methyl sites for hydroxylation is 1. The number of benzene rings is 2. The molecule has 7 nitrogen and oxygen atoms in total. The largest absolute Gasteiger partial charge is 0.417 e. The monoisotopic (exact) mass is 607 g/mol. The van der Waals surface area contributed by atoms with Gasteiger partial charge in [0.25, 0.3) is 5.91 Å². The molecule has 0 spiro atoms. The third kappa shape index (κ3) is 4.85. The summed E-state index contributed by atoms with van der Waals surface area (Å²) >= 11 is 0. The van der Waals surface area contributed by atoms with E-state index in [1.165, 1.54) is 6.07 Å². The molecule has 1 amide bonds. The van der Waals surface area contributed by atoms with Crippen LogP contribution in [0.15, 0.2) is 36.7 Å². The Bertz CT molecular complexity index is 1580. The predicted octanol–water partition coefficient (Wildman–Crippen LogP) is 6.43. The van der Waals surface area contributed by atoms with Crippen LogP contribution in [0.1, 0.15) is 108 Å². The number of carbonyl (C=O) groups is 1. The summed E-state index contributed by atoms with van der Waals surface area (Å²) in [4.78, 5) is 15.4. The summed E-state index contributed by atoms with van der Waals surface area (Å²) in [5.41, 5.74) is 2.15. The number of methoxy groups -OCH3 is 1. The van der Waals surface area contributed by atoms with E-state index < -0.39 is 17.2 Å². The molecule has 44 heavy (non-hydrogen) atoms. The second-order valence-electron chi connectivity index (χ2n) is 13.7. The quantitative estimate of drug-likeness (QED) is 0.304. The van der Waals surface area contributed by atoms with E-state index in [1.54, 1.807) is 24.4 Å². The SMILES string of the molecule is CO[C@H]1C[C@](c2cc(C3CCC3)cc(N3Cc4c(ccc(CCNC5(C)CCC5)c4C(F)(F)F)C3=O)c2)(c2nncn2C)C1. The Morgan fingerprint density at radius 3 is 2.48 bits per heavy atom. The lowest BCUT2D eigenvalue weighted by atomic mass is 9.61. The Kier molecular flexibility index (Phi) is 7.16. The van der Waals surface area contributed by atoms with Crippen molar-refractivity contribution in [3.05, 3.63) is 75.9 Å². The van der Waals surface area contributed by atoms with Gasteiger partial charge in [-0.25, -0.2) is 0 Å². The number of nitrogens with zero attached hydrogens (tertiary/aromatic N) is 4. The lowest BCUT2D eigenvalue weighted by Crippen LogP contribution is -2.48. The third-order valence-corrected chi connectivity index (χ3v) is 10.9. The van der Waals surface area contributed by atoms with Crippen LogP contribution in [0, 0.1) is 0 Å².